The zero-order chi connectivity index (χ0) is 16.2. The van der Waals surface area contributed by atoms with Crippen molar-refractivity contribution in [3.8, 4) is 11.4 Å². The number of nitrogens with zero attached hydrogens (tertiary/aromatic N) is 3. The van der Waals surface area contributed by atoms with Gasteiger partial charge in [-0.3, -0.25) is 4.98 Å². The van der Waals surface area contributed by atoms with Gasteiger partial charge in [-0.25, -0.2) is 9.97 Å². The molecule has 5 nitrogen and oxygen atoms in total. The molecular weight excluding hydrogens is 298 g/mol. The highest BCUT2D eigenvalue weighted by atomic mass is 15.0. The van der Waals surface area contributed by atoms with Crippen molar-refractivity contribution in [1.82, 2.24) is 19.9 Å². The lowest BCUT2D eigenvalue weighted by Gasteiger charge is -2.05. The van der Waals surface area contributed by atoms with Gasteiger partial charge in [0.2, 0.25) is 0 Å². The standard InChI is InChI=1S/C19H17N5/c1-2-4-14(5-3-1)6-12-21-19-17-16(9-13-22-19)23-18(24-17)15-7-10-20-11-8-15/h1-5,7-11,13H,6,12H2,(H,21,22)(H,23,24). The quantitative estimate of drug-likeness (QED) is 0.589. The molecule has 0 aliphatic carbocycles. The van der Waals surface area contributed by atoms with E-state index in [1.165, 1.54) is 5.56 Å². The molecule has 118 valence electrons. The first-order valence-corrected chi connectivity index (χ1v) is 7.93. The fraction of sp³-hybridized carbons (Fsp3) is 0.105. The van der Waals surface area contributed by atoms with Crippen molar-refractivity contribution in [1.29, 1.82) is 0 Å². The van der Waals surface area contributed by atoms with E-state index in [1.807, 2.05) is 24.3 Å². The van der Waals surface area contributed by atoms with Crippen LogP contribution in [0.25, 0.3) is 22.4 Å². The van der Waals surface area contributed by atoms with Gasteiger partial charge in [0.25, 0.3) is 0 Å². The lowest BCUT2D eigenvalue weighted by Crippen LogP contribution is -2.06. The Bertz CT molecular complexity index is 932. The van der Waals surface area contributed by atoms with Gasteiger partial charge in [0.05, 0.1) is 5.52 Å². The number of nitrogens with one attached hydrogen (secondary N) is 2. The van der Waals surface area contributed by atoms with Gasteiger partial charge in [-0.2, -0.15) is 0 Å². The molecule has 24 heavy (non-hydrogen) atoms. The maximum Gasteiger partial charge on any atom is 0.154 e. The summed E-state index contributed by atoms with van der Waals surface area (Å²) in [7, 11) is 0. The topological polar surface area (TPSA) is 66.5 Å². The third-order valence-electron chi connectivity index (χ3n) is 3.90. The lowest BCUT2D eigenvalue weighted by molar-refractivity contribution is 1.01. The molecule has 0 unspecified atom stereocenters. The normalized spacial score (nSPS) is 10.8. The fourth-order valence-corrected chi connectivity index (χ4v) is 2.68. The number of hydrogen-bond donors (Lipinski definition) is 2. The first-order chi connectivity index (χ1) is 11.9. The minimum absolute atomic E-state index is 0.806. The van der Waals surface area contributed by atoms with Crippen molar-refractivity contribution in [3.05, 3.63) is 72.7 Å². The Balaban J connectivity index is 1.56. The maximum absolute atomic E-state index is 4.70. The Labute approximate surface area is 139 Å². The van der Waals surface area contributed by atoms with Gasteiger partial charge in [0.15, 0.2) is 5.82 Å². The second-order valence-electron chi connectivity index (χ2n) is 5.54. The first-order valence-electron chi connectivity index (χ1n) is 7.93. The number of fused-ring (bicyclic) bond motifs is 1. The highest BCUT2D eigenvalue weighted by Gasteiger charge is 2.09. The largest absolute Gasteiger partial charge is 0.368 e. The van der Waals surface area contributed by atoms with Gasteiger partial charge in [-0.1, -0.05) is 30.3 Å². The summed E-state index contributed by atoms with van der Waals surface area (Å²) in [5.41, 5.74) is 4.14. The number of H-pyrrole nitrogens is 1. The van der Waals surface area contributed by atoms with Crippen LogP contribution in [0.2, 0.25) is 0 Å². The predicted octanol–water partition coefficient (Wildman–Crippen LogP) is 3.67. The van der Waals surface area contributed by atoms with E-state index in [4.69, 9.17) is 4.98 Å². The van der Waals surface area contributed by atoms with Gasteiger partial charge in [-0.15, -0.1) is 0 Å². The number of aromatic nitrogens is 4. The number of anilines is 1. The molecule has 2 N–H and O–H groups in total. The molecule has 1 aromatic carbocycles. The van der Waals surface area contributed by atoms with Crippen molar-refractivity contribution in [3.63, 3.8) is 0 Å². The number of imidazole rings is 1. The third-order valence-corrected chi connectivity index (χ3v) is 3.90. The number of hydrogen-bond acceptors (Lipinski definition) is 4. The Hall–Kier alpha value is -3.21. The number of benzene rings is 1. The molecule has 0 amide bonds. The molecule has 0 radical (unpaired) electrons. The van der Waals surface area contributed by atoms with E-state index in [9.17, 15) is 0 Å². The van der Waals surface area contributed by atoms with Gasteiger partial charge < -0.3 is 10.3 Å². The SMILES string of the molecule is c1ccc(CCNc2nccc3[nH]c(-c4ccncc4)nc23)cc1. The number of pyridine rings is 2. The summed E-state index contributed by atoms with van der Waals surface area (Å²) in [5, 5.41) is 3.39. The first kappa shape index (κ1) is 14.4. The molecule has 0 spiro atoms. The molecule has 0 saturated heterocycles. The average molecular weight is 315 g/mol. The molecule has 4 aromatic rings. The van der Waals surface area contributed by atoms with Gasteiger partial charge in [0, 0.05) is 30.7 Å². The van der Waals surface area contributed by atoms with E-state index >= 15 is 0 Å². The van der Waals surface area contributed by atoms with E-state index in [2.05, 4.69) is 44.5 Å². The van der Waals surface area contributed by atoms with Crippen LogP contribution in [0.5, 0.6) is 0 Å². The van der Waals surface area contributed by atoms with E-state index < -0.39 is 0 Å². The molecule has 3 heterocycles. The third kappa shape index (κ3) is 2.96. The van der Waals surface area contributed by atoms with Crippen LogP contribution in [0, 0.1) is 0 Å². The zero-order valence-corrected chi connectivity index (χ0v) is 13.1. The minimum atomic E-state index is 0.806. The maximum atomic E-state index is 4.70. The summed E-state index contributed by atoms with van der Waals surface area (Å²) in [6.45, 7) is 0.813. The number of aromatic amines is 1. The number of rotatable bonds is 5. The van der Waals surface area contributed by atoms with Crippen molar-refractivity contribution in [2.24, 2.45) is 0 Å². The summed E-state index contributed by atoms with van der Waals surface area (Å²) in [6.07, 6.45) is 6.27. The Morgan fingerprint density at radius 1 is 0.917 bits per heavy atom. The lowest BCUT2D eigenvalue weighted by atomic mass is 10.1. The molecule has 0 aliphatic rings. The minimum Gasteiger partial charge on any atom is -0.368 e. The monoisotopic (exact) mass is 315 g/mol. The van der Waals surface area contributed by atoms with Crippen molar-refractivity contribution >= 4 is 16.9 Å². The average Bonchev–Trinajstić information content (AvgIpc) is 3.09. The highest BCUT2D eigenvalue weighted by Crippen LogP contribution is 2.23. The van der Waals surface area contributed by atoms with E-state index in [0.717, 1.165) is 41.2 Å². The van der Waals surface area contributed by atoms with Crippen LogP contribution in [0.1, 0.15) is 5.56 Å². The molecule has 3 aromatic heterocycles. The summed E-state index contributed by atoms with van der Waals surface area (Å²) in [4.78, 5) is 16.5. The van der Waals surface area contributed by atoms with Crippen molar-refractivity contribution < 1.29 is 0 Å². The zero-order valence-electron chi connectivity index (χ0n) is 13.1. The van der Waals surface area contributed by atoms with E-state index in [0.29, 0.717) is 0 Å². The van der Waals surface area contributed by atoms with Gasteiger partial charge in [-0.05, 0) is 30.2 Å². The summed E-state index contributed by atoms with van der Waals surface area (Å²) in [6, 6.07) is 16.2. The van der Waals surface area contributed by atoms with E-state index in [-0.39, 0.29) is 0 Å². The van der Waals surface area contributed by atoms with Crippen LogP contribution in [0.4, 0.5) is 5.82 Å². The second-order valence-corrected chi connectivity index (χ2v) is 5.54. The van der Waals surface area contributed by atoms with Crippen molar-refractivity contribution in [2.75, 3.05) is 11.9 Å². The Morgan fingerprint density at radius 3 is 2.58 bits per heavy atom. The fourth-order valence-electron chi connectivity index (χ4n) is 2.68. The molecular formula is C19H17N5. The van der Waals surface area contributed by atoms with Crippen LogP contribution in [0.15, 0.2) is 67.1 Å². The molecule has 0 atom stereocenters. The van der Waals surface area contributed by atoms with Crippen LogP contribution >= 0.6 is 0 Å². The summed E-state index contributed by atoms with van der Waals surface area (Å²) in [5.74, 6) is 1.63. The molecule has 0 bridgehead atoms. The Kier molecular flexibility index (Phi) is 3.90. The highest BCUT2D eigenvalue weighted by molar-refractivity contribution is 5.88. The van der Waals surface area contributed by atoms with Gasteiger partial charge in [0.1, 0.15) is 11.3 Å². The van der Waals surface area contributed by atoms with Crippen molar-refractivity contribution in [2.45, 2.75) is 6.42 Å². The molecule has 4 rings (SSSR count). The molecule has 0 fully saturated rings. The van der Waals surface area contributed by atoms with Crippen LogP contribution in [-0.4, -0.2) is 26.5 Å². The van der Waals surface area contributed by atoms with E-state index in [1.54, 1.807) is 18.6 Å². The molecule has 5 heteroatoms. The van der Waals surface area contributed by atoms with Crippen LogP contribution < -0.4 is 5.32 Å². The Morgan fingerprint density at radius 2 is 1.75 bits per heavy atom. The molecule has 0 saturated carbocycles. The smallest absolute Gasteiger partial charge is 0.154 e. The van der Waals surface area contributed by atoms with Gasteiger partial charge >= 0.3 is 0 Å². The summed E-state index contributed by atoms with van der Waals surface area (Å²) >= 11 is 0. The van der Waals surface area contributed by atoms with Crippen LogP contribution in [0.3, 0.4) is 0 Å². The second kappa shape index (κ2) is 6.50. The van der Waals surface area contributed by atoms with Crippen LogP contribution in [-0.2, 0) is 6.42 Å². The predicted molar refractivity (Wildman–Crippen MR) is 95.8 cm³/mol. The summed E-state index contributed by atoms with van der Waals surface area (Å²) < 4.78 is 0. The molecule has 0 aliphatic heterocycles.